The van der Waals surface area contributed by atoms with E-state index in [0.717, 1.165) is 25.7 Å². The monoisotopic (exact) mass is 513 g/mol. The van der Waals surface area contributed by atoms with Crippen molar-refractivity contribution in [2.75, 3.05) is 40.4 Å². The lowest BCUT2D eigenvalue weighted by Crippen LogP contribution is -3.00. The van der Waals surface area contributed by atoms with Crippen LogP contribution in [-0.2, 0) is 19.1 Å². The Balaban J connectivity index is 0. The Morgan fingerprint density at radius 2 is 1.00 bits per heavy atom. The molecule has 0 rings (SSSR count). The van der Waals surface area contributed by atoms with Crippen molar-refractivity contribution in [2.24, 2.45) is 0 Å². The Hall–Kier alpha value is -1.66. The summed E-state index contributed by atoms with van der Waals surface area (Å²) in [6.45, 7) is 13.2. The van der Waals surface area contributed by atoms with E-state index in [0.29, 0.717) is 0 Å². The second-order valence-electron chi connectivity index (χ2n) is 9.36. The molecule has 5 nitrogen and oxygen atoms in total. The van der Waals surface area contributed by atoms with Crippen molar-refractivity contribution < 1.29 is 40.5 Å². The summed E-state index contributed by atoms with van der Waals surface area (Å²) in [5.41, 5.74) is 5.02. The normalized spacial score (nSPS) is 11.9. The van der Waals surface area contributed by atoms with Crippen LogP contribution in [0.4, 0.5) is 0 Å². The van der Waals surface area contributed by atoms with Crippen LogP contribution in [0.5, 0.6) is 0 Å². The highest BCUT2D eigenvalue weighted by molar-refractivity contribution is 5.73. The first-order valence-corrected chi connectivity index (χ1v) is 11.1. The fraction of sp³-hybridized carbons (Fsp3) is 0.615. The zero-order valence-electron chi connectivity index (χ0n) is 21.4. The number of likely N-dealkylation sites (N-methyl/N-ethyl adjacent to an activating group) is 1. The first kappa shape index (κ1) is 32.5. The molecule has 0 saturated carbocycles. The lowest BCUT2D eigenvalue weighted by atomic mass is 10.1. The summed E-state index contributed by atoms with van der Waals surface area (Å²) in [5.74, 6) is -0.637. The molecule has 0 spiro atoms. The highest BCUT2D eigenvalue weighted by Crippen LogP contribution is 2.08. The van der Waals surface area contributed by atoms with Crippen LogP contribution in [0.25, 0.3) is 0 Å². The number of halogens is 1. The first-order valence-electron chi connectivity index (χ1n) is 11.1. The maximum Gasteiger partial charge on any atom is 0.362 e. The fourth-order valence-electron chi connectivity index (χ4n) is 2.78. The fourth-order valence-corrected chi connectivity index (χ4v) is 2.78. The minimum atomic E-state index is -0.318. The zero-order chi connectivity index (χ0) is 23.9. The molecule has 0 bridgehead atoms. The van der Waals surface area contributed by atoms with Gasteiger partial charge in [0.05, 0.1) is 14.1 Å². The molecular weight excluding hydrogens is 470 g/mol. The Morgan fingerprint density at radius 1 is 0.656 bits per heavy atom. The van der Waals surface area contributed by atoms with Crippen LogP contribution in [-0.4, -0.2) is 56.8 Å². The average molecular weight is 515 g/mol. The molecule has 0 fully saturated rings. The van der Waals surface area contributed by atoms with Crippen LogP contribution >= 0.6 is 0 Å². The summed E-state index contributed by atoms with van der Waals surface area (Å²) in [6.07, 6.45) is 12.2. The molecule has 0 saturated heterocycles. The van der Waals surface area contributed by atoms with E-state index in [1.165, 1.54) is 22.3 Å². The van der Waals surface area contributed by atoms with E-state index in [-0.39, 0.29) is 59.7 Å². The Bertz CT molecular complexity index is 637. The molecule has 0 aliphatic rings. The zero-order valence-corrected chi connectivity index (χ0v) is 23.0. The van der Waals surface area contributed by atoms with Crippen LogP contribution in [0.1, 0.15) is 67.2 Å². The second-order valence-corrected chi connectivity index (χ2v) is 9.36. The van der Waals surface area contributed by atoms with Gasteiger partial charge in [-0.05, 0) is 79.4 Å². The summed E-state index contributed by atoms with van der Waals surface area (Å²) >= 11 is 0. The summed E-state index contributed by atoms with van der Waals surface area (Å²) in [4.78, 5) is 24.3. The van der Waals surface area contributed by atoms with Gasteiger partial charge < -0.3 is 30.9 Å². The standard InChI is InChI=1S/C26H44NO4.BrH/c1-21(2)11-9-13-23(5)15-17-30-25(28)19-27(7,8)20-26(29)31-18-16-24(6)14-10-12-22(3)4;/h11-12,15-16H,9-10,13-14,17-20H2,1-8H3;1H/q+1;/p-1. The molecule has 0 amide bonds. The molecule has 0 aliphatic heterocycles. The molecular formula is C26H44BrNO4. The summed E-state index contributed by atoms with van der Waals surface area (Å²) in [7, 11) is 3.65. The Morgan fingerprint density at radius 3 is 1.31 bits per heavy atom. The minimum absolute atomic E-state index is 0. The molecule has 0 aromatic carbocycles. The van der Waals surface area contributed by atoms with Crippen molar-refractivity contribution in [1.82, 2.24) is 0 Å². The van der Waals surface area contributed by atoms with Gasteiger partial charge >= 0.3 is 11.9 Å². The topological polar surface area (TPSA) is 52.6 Å². The third kappa shape index (κ3) is 20.3. The number of allylic oxidation sites excluding steroid dienone is 6. The van der Waals surface area contributed by atoms with E-state index in [9.17, 15) is 9.59 Å². The number of hydrogen-bond donors (Lipinski definition) is 0. The molecule has 0 aromatic heterocycles. The van der Waals surface area contributed by atoms with Gasteiger partial charge in [0.15, 0.2) is 13.1 Å². The largest absolute Gasteiger partial charge is 1.00 e. The molecule has 0 atom stereocenters. The quantitative estimate of drug-likeness (QED) is 0.203. The summed E-state index contributed by atoms with van der Waals surface area (Å²) in [6, 6.07) is 0. The van der Waals surface area contributed by atoms with Crippen LogP contribution in [0.15, 0.2) is 46.6 Å². The van der Waals surface area contributed by atoms with Gasteiger partial charge in [-0.1, -0.05) is 34.4 Å². The number of esters is 2. The van der Waals surface area contributed by atoms with Gasteiger partial charge in [-0.25, -0.2) is 9.59 Å². The number of hydrogen-bond acceptors (Lipinski definition) is 4. The van der Waals surface area contributed by atoms with Gasteiger partial charge in [0.1, 0.15) is 13.2 Å². The van der Waals surface area contributed by atoms with Crippen LogP contribution < -0.4 is 17.0 Å². The molecule has 32 heavy (non-hydrogen) atoms. The van der Waals surface area contributed by atoms with Crippen LogP contribution in [0.2, 0.25) is 0 Å². The van der Waals surface area contributed by atoms with E-state index in [4.69, 9.17) is 9.47 Å². The lowest BCUT2D eigenvalue weighted by molar-refractivity contribution is -0.875. The average Bonchev–Trinajstić information content (AvgIpc) is 2.59. The molecule has 0 aromatic rings. The van der Waals surface area contributed by atoms with Crippen LogP contribution in [0, 0.1) is 0 Å². The maximum absolute atomic E-state index is 12.1. The molecule has 6 heteroatoms. The van der Waals surface area contributed by atoms with E-state index in [1.54, 1.807) is 0 Å². The molecule has 0 heterocycles. The predicted molar refractivity (Wildman–Crippen MR) is 129 cm³/mol. The van der Waals surface area contributed by atoms with Gasteiger partial charge in [-0.3, -0.25) is 0 Å². The molecule has 0 radical (unpaired) electrons. The van der Waals surface area contributed by atoms with Gasteiger partial charge in [-0.2, -0.15) is 0 Å². The maximum atomic E-state index is 12.1. The number of ether oxygens (including phenoxy) is 2. The Kier molecular flexibility index (Phi) is 18.1. The third-order valence-corrected chi connectivity index (χ3v) is 4.65. The SMILES string of the molecule is CC(C)=CCCC(C)=CCOC(=O)C[N+](C)(C)CC(=O)OCC=C(C)CCC=C(C)C.[Br-]. The summed E-state index contributed by atoms with van der Waals surface area (Å²) < 4.78 is 10.8. The van der Waals surface area contributed by atoms with Crippen molar-refractivity contribution in [3.05, 3.63) is 46.6 Å². The minimum Gasteiger partial charge on any atom is -1.00 e. The van der Waals surface area contributed by atoms with E-state index in [1.807, 2.05) is 40.1 Å². The van der Waals surface area contributed by atoms with Gasteiger partial charge in [0, 0.05) is 0 Å². The van der Waals surface area contributed by atoms with Crippen molar-refractivity contribution in [3.8, 4) is 0 Å². The van der Waals surface area contributed by atoms with Crippen LogP contribution in [0.3, 0.4) is 0 Å². The van der Waals surface area contributed by atoms with Gasteiger partial charge in [-0.15, -0.1) is 0 Å². The van der Waals surface area contributed by atoms with Crippen molar-refractivity contribution >= 4 is 11.9 Å². The number of carbonyl (C=O) groups is 2. The first-order chi connectivity index (χ1) is 14.4. The smallest absolute Gasteiger partial charge is 0.362 e. The van der Waals surface area contributed by atoms with Gasteiger partial charge in [0.2, 0.25) is 0 Å². The van der Waals surface area contributed by atoms with E-state index in [2.05, 4.69) is 39.8 Å². The van der Waals surface area contributed by atoms with Gasteiger partial charge in [0.25, 0.3) is 0 Å². The molecule has 0 unspecified atom stereocenters. The number of carbonyl (C=O) groups excluding carboxylic acids is 2. The Labute approximate surface area is 206 Å². The molecule has 0 aliphatic carbocycles. The molecule has 184 valence electrons. The number of nitrogens with zero attached hydrogens (tertiary/aromatic N) is 1. The number of rotatable bonds is 14. The molecule has 0 N–H and O–H groups in total. The number of quaternary nitrogens is 1. The second kappa shape index (κ2) is 17.8. The summed E-state index contributed by atoms with van der Waals surface area (Å²) in [5, 5.41) is 0. The predicted octanol–water partition coefficient (Wildman–Crippen LogP) is 2.54. The third-order valence-electron chi connectivity index (χ3n) is 4.65. The highest BCUT2D eigenvalue weighted by atomic mass is 79.9. The van der Waals surface area contributed by atoms with E-state index >= 15 is 0 Å². The van der Waals surface area contributed by atoms with Crippen molar-refractivity contribution in [2.45, 2.75) is 67.2 Å². The van der Waals surface area contributed by atoms with E-state index < -0.39 is 0 Å². The van der Waals surface area contributed by atoms with Crippen molar-refractivity contribution in [1.29, 1.82) is 0 Å². The highest BCUT2D eigenvalue weighted by Gasteiger charge is 2.25. The van der Waals surface area contributed by atoms with Crippen molar-refractivity contribution in [3.63, 3.8) is 0 Å². The lowest BCUT2D eigenvalue weighted by Gasteiger charge is -2.27.